The van der Waals surface area contributed by atoms with Crippen molar-refractivity contribution in [2.75, 3.05) is 0 Å². The summed E-state index contributed by atoms with van der Waals surface area (Å²) in [7, 11) is 0. The highest BCUT2D eigenvalue weighted by Crippen LogP contribution is 2.15. The van der Waals surface area contributed by atoms with E-state index in [0.717, 1.165) is 0 Å². The molecule has 0 saturated carbocycles. The molecule has 0 aliphatic carbocycles. The molecule has 0 bridgehead atoms. The number of aromatic carboxylic acids is 2. The highest BCUT2D eigenvalue weighted by molar-refractivity contribution is 5.94. The lowest BCUT2D eigenvalue weighted by molar-refractivity contribution is -0.188. The summed E-state index contributed by atoms with van der Waals surface area (Å²) in [4.78, 5) is 72.1. The van der Waals surface area contributed by atoms with Gasteiger partial charge in [-0.1, -0.05) is 0 Å². The SMILES string of the molecule is Cc1cn(-c2cc(C(=O)O)nc(C(=O)OOC(=O)c3cc(-n4ccnc4)cc(C(=O)O)n3)c2)cn1. The first-order valence-corrected chi connectivity index (χ1v) is 9.64. The Hall–Kier alpha value is -5.40. The van der Waals surface area contributed by atoms with Gasteiger partial charge in [-0.15, -0.1) is 0 Å². The zero-order valence-corrected chi connectivity index (χ0v) is 17.7. The zero-order chi connectivity index (χ0) is 25.1. The predicted octanol–water partition coefficient (Wildman–Crippen LogP) is 1.48. The Labute approximate surface area is 195 Å². The van der Waals surface area contributed by atoms with Crippen molar-refractivity contribution in [1.82, 2.24) is 29.1 Å². The van der Waals surface area contributed by atoms with E-state index in [4.69, 9.17) is 0 Å². The van der Waals surface area contributed by atoms with Gasteiger partial charge in [0.05, 0.1) is 29.7 Å². The van der Waals surface area contributed by atoms with Gasteiger partial charge in [0.1, 0.15) is 0 Å². The Bertz CT molecular complexity index is 1460. The molecule has 0 amide bonds. The van der Waals surface area contributed by atoms with Gasteiger partial charge in [-0.05, 0) is 31.2 Å². The third-order valence-corrected chi connectivity index (χ3v) is 4.48. The number of carbonyl (C=O) groups is 4. The highest BCUT2D eigenvalue weighted by Gasteiger charge is 2.22. The zero-order valence-electron chi connectivity index (χ0n) is 17.7. The molecule has 0 atom stereocenters. The number of pyridine rings is 2. The van der Waals surface area contributed by atoms with Gasteiger partial charge in [-0.3, -0.25) is 0 Å². The lowest BCUT2D eigenvalue weighted by Crippen LogP contribution is -2.17. The summed E-state index contributed by atoms with van der Waals surface area (Å²) in [5.74, 6) is -5.36. The van der Waals surface area contributed by atoms with E-state index in [1.54, 1.807) is 13.1 Å². The monoisotopic (exact) mass is 478 g/mol. The third kappa shape index (κ3) is 5.00. The Morgan fingerprint density at radius 2 is 1.29 bits per heavy atom. The van der Waals surface area contributed by atoms with Gasteiger partial charge in [0.2, 0.25) is 0 Å². The molecule has 4 rings (SSSR count). The number of carboxylic acid groups (broad SMARTS) is 2. The molecular weight excluding hydrogens is 464 g/mol. The summed E-state index contributed by atoms with van der Waals surface area (Å²) in [6.45, 7) is 1.72. The van der Waals surface area contributed by atoms with Crippen molar-refractivity contribution in [2.24, 2.45) is 0 Å². The van der Waals surface area contributed by atoms with Gasteiger partial charge in [0.15, 0.2) is 22.8 Å². The average molecular weight is 478 g/mol. The van der Waals surface area contributed by atoms with E-state index in [1.807, 2.05) is 0 Å². The van der Waals surface area contributed by atoms with E-state index in [1.165, 1.54) is 58.4 Å². The van der Waals surface area contributed by atoms with E-state index in [2.05, 4.69) is 29.7 Å². The number of rotatable bonds is 6. The summed E-state index contributed by atoms with van der Waals surface area (Å²) < 4.78 is 2.89. The first-order chi connectivity index (χ1) is 16.7. The Balaban J connectivity index is 1.57. The Kier molecular flexibility index (Phi) is 6.00. The molecule has 0 aliphatic heterocycles. The fourth-order valence-electron chi connectivity index (χ4n) is 2.89. The maximum atomic E-state index is 12.5. The molecule has 35 heavy (non-hydrogen) atoms. The van der Waals surface area contributed by atoms with Crippen LogP contribution in [0.3, 0.4) is 0 Å². The Morgan fingerprint density at radius 3 is 1.71 bits per heavy atom. The minimum absolute atomic E-state index is 0.240. The van der Waals surface area contributed by atoms with E-state index >= 15 is 0 Å². The van der Waals surface area contributed by atoms with E-state index in [9.17, 15) is 29.4 Å². The van der Waals surface area contributed by atoms with Gasteiger partial charge in [-0.25, -0.2) is 48.9 Å². The number of carboxylic acids is 2. The van der Waals surface area contributed by atoms with Crippen molar-refractivity contribution in [3.63, 3.8) is 0 Å². The number of aromatic nitrogens is 6. The average Bonchev–Trinajstić information content (AvgIpc) is 3.54. The van der Waals surface area contributed by atoms with Crippen LogP contribution in [0.4, 0.5) is 0 Å². The van der Waals surface area contributed by atoms with Crippen molar-refractivity contribution in [3.05, 3.63) is 84.0 Å². The van der Waals surface area contributed by atoms with Crippen LogP contribution in [-0.4, -0.2) is 63.2 Å². The van der Waals surface area contributed by atoms with Gasteiger partial charge in [0, 0.05) is 18.6 Å². The molecule has 0 spiro atoms. The normalized spacial score (nSPS) is 10.5. The molecular formula is C21H14N6O8. The largest absolute Gasteiger partial charge is 0.477 e. The van der Waals surface area contributed by atoms with Gasteiger partial charge in [0.25, 0.3) is 0 Å². The third-order valence-electron chi connectivity index (χ3n) is 4.48. The maximum Gasteiger partial charge on any atom is 0.404 e. The fourth-order valence-corrected chi connectivity index (χ4v) is 2.89. The maximum absolute atomic E-state index is 12.5. The van der Waals surface area contributed by atoms with Crippen LogP contribution in [0.25, 0.3) is 11.4 Å². The quantitative estimate of drug-likeness (QED) is 0.300. The smallest absolute Gasteiger partial charge is 0.404 e. The minimum Gasteiger partial charge on any atom is -0.477 e. The van der Waals surface area contributed by atoms with Crippen LogP contribution in [0.1, 0.15) is 47.6 Å². The molecule has 176 valence electrons. The molecule has 14 heteroatoms. The highest BCUT2D eigenvalue weighted by atomic mass is 17.2. The van der Waals surface area contributed by atoms with Crippen LogP contribution in [0.2, 0.25) is 0 Å². The van der Waals surface area contributed by atoms with Crippen molar-refractivity contribution in [1.29, 1.82) is 0 Å². The summed E-state index contributed by atoms with van der Waals surface area (Å²) in [6.07, 6.45) is 7.32. The molecule has 4 aromatic heterocycles. The second-order valence-electron chi connectivity index (χ2n) is 6.94. The molecule has 0 aliphatic rings. The van der Waals surface area contributed by atoms with E-state index < -0.39 is 46.7 Å². The van der Waals surface area contributed by atoms with Crippen LogP contribution < -0.4 is 0 Å². The molecule has 14 nitrogen and oxygen atoms in total. The minimum atomic E-state index is -1.41. The molecule has 0 saturated heterocycles. The van der Waals surface area contributed by atoms with Crippen LogP contribution in [0.15, 0.2) is 55.5 Å². The number of nitrogens with zero attached hydrogens (tertiary/aromatic N) is 6. The second kappa shape index (κ2) is 9.22. The fraction of sp³-hybridized carbons (Fsp3) is 0.0476. The van der Waals surface area contributed by atoms with Crippen LogP contribution in [0.5, 0.6) is 0 Å². The van der Waals surface area contributed by atoms with Crippen molar-refractivity contribution in [3.8, 4) is 11.4 Å². The lowest BCUT2D eigenvalue weighted by Gasteiger charge is -2.08. The number of imidazole rings is 2. The first kappa shape index (κ1) is 22.8. The van der Waals surface area contributed by atoms with Crippen molar-refractivity contribution >= 4 is 23.9 Å². The standard InChI is InChI=1S/C21H14N6O8/c1-11-8-27(10-23-11)13-5-15(19(30)31)25-17(7-13)21(33)35-34-20(32)16-6-12(26-3-2-22-9-26)4-14(24-16)18(28)29/h2-10H,1H3,(H,28,29)(H,30,31). The summed E-state index contributed by atoms with van der Waals surface area (Å²) in [6, 6.07) is 4.83. The summed E-state index contributed by atoms with van der Waals surface area (Å²) in [5.41, 5.74) is -0.739. The molecule has 4 aromatic rings. The van der Waals surface area contributed by atoms with Gasteiger partial charge >= 0.3 is 23.9 Å². The topological polar surface area (TPSA) is 189 Å². The number of carbonyl (C=O) groups excluding carboxylic acids is 2. The van der Waals surface area contributed by atoms with Crippen LogP contribution >= 0.6 is 0 Å². The van der Waals surface area contributed by atoms with Crippen LogP contribution in [-0.2, 0) is 9.78 Å². The lowest BCUT2D eigenvalue weighted by atomic mass is 10.2. The Morgan fingerprint density at radius 1 is 0.771 bits per heavy atom. The van der Waals surface area contributed by atoms with Crippen molar-refractivity contribution < 1.29 is 39.2 Å². The van der Waals surface area contributed by atoms with Crippen LogP contribution in [0, 0.1) is 6.92 Å². The number of hydrogen-bond acceptors (Lipinski definition) is 10. The molecule has 0 aromatic carbocycles. The molecule has 0 radical (unpaired) electrons. The first-order valence-electron chi connectivity index (χ1n) is 9.64. The van der Waals surface area contributed by atoms with Crippen molar-refractivity contribution in [2.45, 2.75) is 6.92 Å². The molecule has 4 heterocycles. The van der Waals surface area contributed by atoms with Gasteiger partial charge in [-0.2, -0.15) is 0 Å². The number of aryl methyl sites for hydroxylation is 1. The summed E-state index contributed by atoms with van der Waals surface area (Å²) >= 11 is 0. The predicted molar refractivity (Wildman–Crippen MR) is 112 cm³/mol. The number of hydrogen-bond donors (Lipinski definition) is 2. The molecule has 0 fully saturated rings. The second-order valence-corrected chi connectivity index (χ2v) is 6.94. The molecule has 2 N–H and O–H groups in total. The molecule has 0 unspecified atom stereocenters. The van der Waals surface area contributed by atoms with E-state index in [-0.39, 0.29) is 11.4 Å². The van der Waals surface area contributed by atoms with Gasteiger partial charge < -0.3 is 19.3 Å². The summed E-state index contributed by atoms with van der Waals surface area (Å²) in [5, 5.41) is 18.6. The van der Waals surface area contributed by atoms with E-state index in [0.29, 0.717) is 5.69 Å².